The molecule has 11 nitrogen and oxygen atoms in total. The number of rotatable bonds is 7. The molecule has 2 N–H and O–H groups in total. The summed E-state index contributed by atoms with van der Waals surface area (Å²) in [6.07, 6.45) is 8.51. The van der Waals surface area contributed by atoms with Crippen LogP contribution in [0.2, 0.25) is 0 Å². The summed E-state index contributed by atoms with van der Waals surface area (Å²) in [6, 6.07) is -1.35. The standard InChI is InChI=1S/C22H32N8O3/c1-21(2,3)18(29-10-16(26-27-29)14-4-5-14)20(33)28-9-15(31)8-17(28)19(32)24-11-22(6-7-22)30-13-23-12-25-30/h10,12-15,17-18,31H,4-9,11H2,1-3H3,(H,24,32)/t15?,17?,18-/m1/s1. The molecule has 0 bridgehead atoms. The molecule has 3 aliphatic rings. The fraction of sp³-hybridized carbons (Fsp3) is 0.727. The molecule has 1 saturated heterocycles. The van der Waals surface area contributed by atoms with Crippen molar-refractivity contribution in [1.29, 1.82) is 0 Å². The summed E-state index contributed by atoms with van der Waals surface area (Å²) < 4.78 is 3.43. The van der Waals surface area contributed by atoms with E-state index in [9.17, 15) is 14.7 Å². The van der Waals surface area contributed by atoms with Crippen LogP contribution in [-0.2, 0) is 15.1 Å². The first-order chi connectivity index (χ1) is 15.7. The van der Waals surface area contributed by atoms with Crippen molar-refractivity contribution in [2.75, 3.05) is 13.1 Å². The molecule has 3 heterocycles. The Bertz CT molecular complexity index is 1020. The van der Waals surface area contributed by atoms with Gasteiger partial charge in [0, 0.05) is 31.6 Å². The van der Waals surface area contributed by atoms with Crippen LogP contribution in [0.3, 0.4) is 0 Å². The lowest BCUT2D eigenvalue weighted by atomic mass is 9.85. The zero-order valence-corrected chi connectivity index (χ0v) is 19.4. The average Bonchev–Trinajstić information content (AvgIpc) is 3.58. The number of aliphatic hydroxyl groups excluding tert-OH is 1. The number of aromatic nitrogens is 6. The van der Waals surface area contributed by atoms with Crippen LogP contribution in [0, 0.1) is 5.41 Å². The van der Waals surface area contributed by atoms with Gasteiger partial charge in [0.1, 0.15) is 24.7 Å². The van der Waals surface area contributed by atoms with E-state index in [1.54, 1.807) is 15.7 Å². The lowest BCUT2D eigenvalue weighted by Gasteiger charge is -2.34. The molecule has 2 aromatic heterocycles. The van der Waals surface area contributed by atoms with E-state index in [1.807, 2.05) is 27.0 Å². The average molecular weight is 457 g/mol. The molecule has 33 heavy (non-hydrogen) atoms. The highest BCUT2D eigenvalue weighted by Gasteiger charge is 2.48. The third kappa shape index (κ3) is 4.25. The maximum atomic E-state index is 13.8. The van der Waals surface area contributed by atoms with Crippen LogP contribution < -0.4 is 5.32 Å². The molecular formula is C22H32N8O3. The summed E-state index contributed by atoms with van der Waals surface area (Å²) in [5, 5.41) is 26.1. The fourth-order valence-electron chi connectivity index (χ4n) is 4.78. The summed E-state index contributed by atoms with van der Waals surface area (Å²) in [6.45, 7) is 6.47. The van der Waals surface area contributed by atoms with Crippen LogP contribution >= 0.6 is 0 Å². The van der Waals surface area contributed by atoms with Crippen LogP contribution in [0.25, 0.3) is 0 Å². The molecule has 11 heteroatoms. The Balaban J connectivity index is 1.32. The Labute approximate surface area is 192 Å². The molecule has 2 aromatic rings. The first kappa shape index (κ1) is 22.0. The van der Waals surface area contributed by atoms with E-state index in [0.29, 0.717) is 12.5 Å². The first-order valence-corrected chi connectivity index (χ1v) is 11.7. The Morgan fingerprint density at radius 1 is 1.30 bits per heavy atom. The molecule has 2 saturated carbocycles. The molecular weight excluding hydrogens is 424 g/mol. The molecule has 5 rings (SSSR count). The van der Waals surface area contributed by atoms with E-state index >= 15 is 0 Å². The van der Waals surface area contributed by atoms with Gasteiger partial charge in [0.2, 0.25) is 11.8 Å². The van der Waals surface area contributed by atoms with E-state index in [-0.39, 0.29) is 30.3 Å². The number of hydrogen-bond acceptors (Lipinski definition) is 7. The van der Waals surface area contributed by atoms with Gasteiger partial charge in [-0.3, -0.25) is 9.59 Å². The molecule has 178 valence electrons. The maximum absolute atomic E-state index is 13.8. The van der Waals surface area contributed by atoms with Crippen molar-refractivity contribution < 1.29 is 14.7 Å². The highest BCUT2D eigenvalue weighted by molar-refractivity contribution is 5.90. The summed E-state index contributed by atoms with van der Waals surface area (Å²) in [5.41, 5.74) is 0.216. The van der Waals surface area contributed by atoms with Gasteiger partial charge in [-0.25, -0.2) is 14.3 Å². The Morgan fingerprint density at radius 3 is 2.67 bits per heavy atom. The van der Waals surface area contributed by atoms with Crippen molar-refractivity contribution in [1.82, 2.24) is 40.0 Å². The minimum atomic E-state index is -0.742. The Hall–Kier alpha value is -2.82. The van der Waals surface area contributed by atoms with Crippen molar-refractivity contribution in [3.8, 4) is 0 Å². The second-order valence-electron chi connectivity index (χ2n) is 10.8. The van der Waals surface area contributed by atoms with Gasteiger partial charge in [0.05, 0.1) is 17.3 Å². The number of amides is 2. The normalized spacial score (nSPS) is 25.2. The van der Waals surface area contributed by atoms with Crippen molar-refractivity contribution in [2.45, 2.75) is 82.5 Å². The number of nitrogens with zero attached hydrogens (tertiary/aromatic N) is 7. The molecule has 2 amide bonds. The lowest BCUT2D eigenvalue weighted by molar-refractivity contribution is -0.144. The van der Waals surface area contributed by atoms with E-state index in [1.165, 1.54) is 11.2 Å². The predicted molar refractivity (Wildman–Crippen MR) is 117 cm³/mol. The van der Waals surface area contributed by atoms with Gasteiger partial charge in [-0.05, 0) is 31.1 Å². The van der Waals surface area contributed by atoms with Gasteiger partial charge in [0.15, 0.2) is 0 Å². The Morgan fingerprint density at radius 2 is 2.06 bits per heavy atom. The minimum absolute atomic E-state index is 0.127. The number of β-amino-alcohol motifs (C(OH)–C–C–N with tert-alkyl or cyclic N) is 1. The number of hydrogen-bond donors (Lipinski definition) is 2. The highest BCUT2D eigenvalue weighted by atomic mass is 16.3. The number of carbonyl (C=O) groups is 2. The quantitative estimate of drug-likeness (QED) is 0.624. The summed E-state index contributed by atoms with van der Waals surface area (Å²) in [5.74, 6) is -0.0404. The summed E-state index contributed by atoms with van der Waals surface area (Å²) >= 11 is 0. The van der Waals surface area contributed by atoms with Crippen LogP contribution in [0.15, 0.2) is 18.9 Å². The number of aliphatic hydroxyl groups is 1. The van der Waals surface area contributed by atoms with Crippen molar-refractivity contribution in [3.63, 3.8) is 0 Å². The SMILES string of the molecule is CC(C)(C)[C@@H](C(=O)N1CC(O)CC1C(=O)NCC1(n2cncn2)CC1)n1cc(C2CC2)nn1. The van der Waals surface area contributed by atoms with Gasteiger partial charge in [0.25, 0.3) is 0 Å². The zero-order valence-electron chi connectivity index (χ0n) is 19.4. The van der Waals surface area contributed by atoms with E-state index in [0.717, 1.165) is 31.4 Å². The predicted octanol–water partition coefficient (Wildman–Crippen LogP) is 0.602. The molecule has 0 spiro atoms. The topological polar surface area (TPSA) is 131 Å². The number of nitrogens with one attached hydrogen (secondary N) is 1. The van der Waals surface area contributed by atoms with Crippen LogP contribution in [0.1, 0.15) is 70.5 Å². The van der Waals surface area contributed by atoms with Crippen molar-refractivity contribution >= 4 is 11.8 Å². The summed E-state index contributed by atoms with van der Waals surface area (Å²) in [4.78, 5) is 32.5. The van der Waals surface area contributed by atoms with E-state index < -0.39 is 23.6 Å². The second kappa shape index (κ2) is 7.89. The third-order valence-electron chi connectivity index (χ3n) is 7.03. The van der Waals surface area contributed by atoms with Gasteiger partial charge in [-0.1, -0.05) is 26.0 Å². The smallest absolute Gasteiger partial charge is 0.248 e. The highest BCUT2D eigenvalue weighted by Crippen LogP contribution is 2.42. The first-order valence-electron chi connectivity index (χ1n) is 11.7. The fourth-order valence-corrected chi connectivity index (χ4v) is 4.78. The molecule has 3 atom stereocenters. The zero-order chi connectivity index (χ0) is 23.4. The van der Waals surface area contributed by atoms with Gasteiger partial charge in [-0.15, -0.1) is 5.10 Å². The Kier molecular flexibility index (Phi) is 5.26. The largest absolute Gasteiger partial charge is 0.391 e. The van der Waals surface area contributed by atoms with E-state index in [2.05, 4.69) is 25.7 Å². The van der Waals surface area contributed by atoms with Crippen LogP contribution in [-0.4, -0.2) is 76.8 Å². The third-order valence-corrected chi connectivity index (χ3v) is 7.03. The molecule has 1 aliphatic heterocycles. The van der Waals surface area contributed by atoms with E-state index in [4.69, 9.17) is 0 Å². The minimum Gasteiger partial charge on any atom is -0.391 e. The maximum Gasteiger partial charge on any atom is 0.248 e. The van der Waals surface area contributed by atoms with Crippen molar-refractivity contribution in [3.05, 3.63) is 24.5 Å². The lowest BCUT2D eigenvalue weighted by Crippen LogP contribution is -2.51. The number of carbonyl (C=O) groups excluding carboxylic acids is 2. The number of likely N-dealkylation sites (tertiary alicyclic amines) is 1. The van der Waals surface area contributed by atoms with Gasteiger partial charge >= 0.3 is 0 Å². The summed E-state index contributed by atoms with van der Waals surface area (Å²) in [7, 11) is 0. The molecule has 3 fully saturated rings. The van der Waals surface area contributed by atoms with Gasteiger partial charge < -0.3 is 15.3 Å². The monoisotopic (exact) mass is 456 g/mol. The van der Waals surface area contributed by atoms with Crippen molar-refractivity contribution in [2.24, 2.45) is 5.41 Å². The molecule has 0 radical (unpaired) electrons. The second-order valence-corrected chi connectivity index (χ2v) is 10.8. The van der Waals surface area contributed by atoms with Gasteiger partial charge in [-0.2, -0.15) is 5.10 Å². The molecule has 2 aliphatic carbocycles. The van der Waals surface area contributed by atoms with Crippen LogP contribution in [0.4, 0.5) is 0 Å². The molecule has 2 unspecified atom stereocenters. The van der Waals surface area contributed by atoms with Crippen LogP contribution in [0.5, 0.6) is 0 Å². The molecule has 0 aromatic carbocycles.